The summed E-state index contributed by atoms with van der Waals surface area (Å²) in [6.45, 7) is 15.7. The maximum atomic E-state index is 7.28. The summed E-state index contributed by atoms with van der Waals surface area (Å²) >= 11 is 7.28. The molecule has 3 rings (SSSR count). The lowest BCUT2D eigenvalue weighted by Crippen LogP contribution is -2.31. The van der Waals surface area contributed by atoms with Crippen LogP contribution in [0.5, 0.6) is 0 Å². The Morgan fingerprint density at radius 1 is 0.625 bits per heavy atom. The van der Waals surface area contributed by atoms with Gasteiger partial charge < -0.3 is 0 Å². The Kier molecular flexibility index (Phi) is 7.88. The number of rotatable bonds is 8. The molecule has 1 heteroatoms. The molecule has 1 atom stereocenters. The highest BCUT2D eigenvalue weighted by Gasteiger charge is 2.37. The fraction of sp³-hybridized carbons (Fsp3) is 0.387. The minimum atomic E-state index is -0.178. The van der Waals surface area contributed by atoms with Crippen molar-refractivity contribution in [3.8, 4) is 0 Å². The van der Waals surface area contributed by atoms with Gasteiger partial charge >= 0.3 is 0 Å². The van der Waals surface area contributed by atoms with Crippen molar-refractivity contribution in [1.82, 2.24) is 0 Å². The predicted octanol–water partition coefficient (Wildman–Crippen LogP) is 8.83. The van der Waals surface area contributed by atoms with Gasteiger partial charge in [-0.05, 0) is 117 Å². The molecule has 0 aromatic heterocycles. The molecule has 0 spiro atoms. The highest BCUT2D eigenvalue weighted by molar-refractivity contribution is 6.28. The van der Waals surface area contributed by atoms with Crippen LogP contribution in [0.15, 0.2) is 54.6 Å². The molecule has 32 heavy (non-hydrogen) atoms. The van der Waals surface area contributed by atoms with Gasteiger partial charge in [-0.2, -0.15) is 0 Å². The van der Waals surface area contributed by atoms with Gasteiger partial charge in [0.15, 0.2) is 0 Å². The fourth-order valence-corrected chi connectivity index (χ4v) is 5.74. The first-order chi connectivity index (χ1) is 15.1. The molecule has 0 amide bonds. The largest absolute Gasteiger partial charge is 0.116 e. The quantitative estimate of drug-likeness (QED) is 0.324. The molecule has 0 aliphatic rings. The summed E-state index contributed by atoms with van der Waals surface area (Å²) in [6, 6.07) is 19.8. The summed E-state index contributed by atoms with van der Waals surface area (Å²) in [6.07, 6.45) is 3.92. The molecule has 169 valence electrons. The van der Waals surface area contributed by atoms with E-state index >= 15 is 0 Å². The second-order valence-electron chi connectivity index (χ2n) is 9.74. The van der Waals surface area contributed by atoms with Crippen molar-refractivity contribution in [2.45, 2.75) is 79.6 Å². The normalized spacial score (nSPS) is 13.4. The summed E-state index contributed by atoms with van der Waals surface area (Å²) in [4.78, 5) is 0. The first-order valence-corrected chi connectivity index (χ1v) is 12.2. The number of aryl methyl sites for hydroxylation is 6. The zero-order valence-corrected chi connectivity index (χ0v) is 21.7. The molecular weight excluding hydrogens is 408 g/mol. The second kappa shape index (κ2) is 10.3. The van der Waals surface area contributed by atoms with Gasteiger partial charge in [-0.25, -0.2) is 0 Å². The van der Waals surface area contributed by atoms with Crippen LogP contribution in [0.4, 0.5) is 0 Å². The molecule has 0 fully saturated rings. The minimum absolute atomic E-state index is 0.178. The van der Waals surface area contributed by atoms with Crippen LogP contribution < -0.4 is 0 Å². The number of hydrogen-bond acceptors (Lipinski definition) is 0. The van der Waals surface area contributed by atoms with Crippen molar-refractivity contribution in [2.75, 3.05) is 0 Å². The van der Waals surface area contributed by atoms with Crippen molar-refractivity contribution >= 4 is 11.6 Å². The molecule has 0 saturated carbocycles. The van der Waals surface area contributed by atoms with Crippen LogP contribution in [-0.2, 0) is 18.3 Å². The summed E-state index contributed by atoms with van der Waals surface area (Å²) in [7, 11) is 0. The maximum absolute atomic E-state index is 7.28. The lowest BCUT2D eigenvalue weighted by Gasteiger charge is -2.37. The molecule has 0 aliphatic carbocycles. The van der Waals surface area contributed by atoms with E-state index in [2.05, 4.69) is 103 Å². The predicted molar refractivity (Wildman–Crippen MR) is 141 cm³/mol. The molecule has 0 nitrogen and oxygen atoms in total. The molecule has 0 saturated heterocycles. The van der Waals surface area contributed by atoms with Crippen molar-refractivity contribution in [2.24, 2.45) is 0 Å². The standard InChI is InChI=1S/C31H38Cl/c1-21-11-8-12-22(2)27(21)17-18-29(32)31(7,30-25(5)15-10-16-26(30)6)20-19-28-23(3)13-9-14-24(28)4/h8-16H,17-20H2,1-7H3. The van der Waals surface area contributed by atoms with Gasteiger partial charge in [-0.1, -0.05) is 61.5 Å². The lowest BCUT2D eigenvalue weighted by molar-refractivity contribution is 0.458. The van der Waals surface area contributed by atoms with Gasteiger partial charge in [0.1, 0.15) is 0 Å². The zero-order valence-electron chi connectivity index (χ0n) is 20.9. The van der Waals surface area contributed by atoms with Crippen molar-refractivity contribution in [3.05, 3.63) is 110 Å². The van der Waals surface area contributed by atoms with E-state index < -0.39 is 0 Å². The Morgan fingerprint density at radius 3 is 1.44 bits per heavy atom. The summed E-state index contributed by atoms with van der Waals surface area (Å²) in [5.74, 6) is 0. The van der Waals surface area contributed by atoms with E-state index in [1.54, 1.807) is 0 Å². The first kappa shape index (κ1) is 24.6. The van der Waals surface area contributed by atoms with Crippen LogP contribution in [0.25, 0.3) is 0 Å². The highest BCUT2D eigenvalue weighted by Crippen LogP contribution is 2.46. The van der Waals surface area contributed by atoms with E-state index in [0.29, 0.717) is 0 Å². The third-order valence-corrected chi connectivity index (χ3v) is 8.00. The van der Waals surface area contributed by atoms with E-state index in [9.17, 15) is 0 Å². The Bertz CT molecular complexity index is 1020. The maximum Gasteiger partial charge on any atom is 0.0743 e. The van der Waals surface area contributed by atoms with Crippen LogP contribution in [0, 0.1) is 46.9 Å². The first-order valence-electron chi connectivity index (χ1n) is 11.8. The molecule has 1 unspecified atom stereocenters. The van der Waals surface area contributed by atoms with Crippen LogP contribution in [0.2, 0.25) is 0 Å². The third kappa shape index (κ3) is 5.12. The van der Waals surface area contributed by atoms with Gasteiger partial charge in [-0.15, -0.1) is 11.6 Å². The Balaban J connectivity index is 1.94. The minimum Gasteiger partial charge on any atom is -0.116 e. The zero-order chi connectivity index (χ0) is 23.5. The smallest absolute Gasteiger partial charge is 0.0743 e. The van der Waals surface area contributed by atoms with Crippen LogP contribution >= 0.6 is 11.6 Å². The molecule has 1 radical (unpaired) electrons. The SMILES string of the molecule is Cc1cccc(C)c1CC[C](Cl)C(C)(CCc1c(C)cccc1C)c1c(C)cccc1C. The molecule has 0 heterocycles. The molecular formula is C31H38Cl. The van der Waals surface area contributed by atoms with Gasteiger partial charge in [-0.3, -0.25) is 0 Å². The number of benzene rings is 3. The van der Waals surface area contributed by atoms with Crippen molar-refractivity contribution < 1.29 is 0 Å². The topological polar surface area (TPSA) is 0 Å². The van der Waals surface area contributed by atoms with Crippen LogP contribution in [0.3, 0.4) is 0 Å². The number of halogens is 1. The monoisotopic (exact) mass is 445 g/mol. The lowest BCUT2D eigenvalue weighted by atomic mass is 9.70. The van der Waals surface area contributed by atoms with Gasteiger partial charge in [0.25, 0.3) is 0 Å². The van der Waals surface area contributed by atoms with Gasteiger partial charge in [0, 0.05) is 5.41 Å². The van der Waals surface area contributed by atoms with E-state index in [1.807, 2.05) is 0 Å². The Hall–Kier alpha value is -2.05. The van der Waals surface area contributed by atoms with Crippen molar-refractivity contribution in [3.63, 3.8) is 0 Å². The summed E-state index contributed by atoms with van der Waals surface area (Å²) in [5.41, 5.74) is 12.3. The van der Waals surface area contributed by atoms with E-state index in [1.165, 1.54) is 50.1 Å². The van der Waals surface area contributed by atoms with E-state index in [-0.39, 0.29) is 5.41 Å². The van der Waals surface area contributed by atoms with Gasteiger partial charge in [0.05, 0.1) is 5.38 Å². The number of hydrogen-bond donors (Lipinski definition) is 0. The van der Waals surface area contributed by atoms with Crippen LogP contribution in [-0.4, -0.2) is 0 Å². The average Bonchev–Trinajstić information content (AvgIpc) is 2.72. The molecule has 0 aliphatic heterocycles. The van der Waals surface area contributed by atoms with E-state index in [4.69, 9.17) is 11.6 Å². The molecule has 3 aromatic carbocycles. The van der Waals surface area contributed by atoms with Crippen LogP contribution in [0.1, 0.15) is 69.8 Å². The molecule has 0 N–H and O–H groups in total. The third-order valence-electron chi connectivity index (χ3n) is 7.39. The van der Waals surface area contributed by atoms with Crippen molar-refractivity contribution in [1.29, 1.82) is 0 Å². The fourth-order valence-electron chi connectivity index (χ4n) is 5.45. The Labute approximate surface area is 201 Å². The van der Waals surface area contributed by atoms with Gasteiger partial charge in [0.2, 0.25) is 0 Å². The van der Waals surface area contributed by atoms with E-state index in [0.717, 1.165) is 31.1 Å². The highest BCUT2D eigenvalue weighted by atomic mass is 35.5. The average molecular weight is 446 g/mol. The second-order valence-corrected chi connectivity index (χ2v) is 10.2. The summed E-state index contributed by atoms with van der Waals surface area (Å²) < 4.78 is 0. The Morgan fingerprint density at radius 2 is 1.00 bits per heavy atom. The summed E-state index contributed by atoms with van der Waals surface area (Å²) in [5, 5.41) is 1.07. The molecule has 0 bridgehead atoms. The molecule has 3 aromatic rings.